The van der Waals surface area contributed by atoms with Gasteiger partial charge in [-0.15, -0.1) is 6.58 Å². The average molecular weight is 570 g/mol. The number of nitrogens with zero attached hydrogens (tertiary/aromatic N) is 1. The molecule has 2 aromatic carbocycles. The zero-order valence-corrected chi connectivity index (χ0v) is 23.4. The Morgan fingerprint density at radius 3 is 2.77 bits per heavy atom. The fourth-order valence-corrected chi connectivity index (χ4v) is 6.97. The standard InChI is InChI=1S/C31H36ClNO7/c1-3-26(34)23-9-6-20(23)16-33-17-30(12-4-5-19-13-22(32)8-10-24(19)30)18-40-27-11-7-21(14-25(27)33)31(38,15-28(35)36)29(37)39-2/h3,7-8,10-11,13-14,20,23,26,34,38H,1,4-6,9,12,15-18H2,2H3,(H,35,36)/t20-,23+,26-,30-,31-/m0/s1. The largest absolute Gasteiger partial charge is 0.490 e. The second-order valence-corrected chi connectivity index (χ2v) is 11.9. The molecule has 0 saturated heterocycles. The zero-order valence-electron chi connectivity index (χ0n) is 22.6. The van der Waals surface area contributed by atoms with Crippen molar-refractivity contribution in [3.63, 3.8) is 0 Å². The summed E-state index contributed by atoms with van der Waals surface area (Å²) in [5.41, 5.74) is 0.512. The van der Waals surface area contributed by atoms with Gasteiger partial charge in [-0.1, -0.05) is 29.8 Å². The molecule has 1 aliphatic heterocycles. The summed E-state index contributed by atoms with van der Waals surface area (Å²) in [6, 6.07) is 10.9. The fourth-order valence-electron chi connectivity index (χ4n) is 6.78. The minimum Gasteiger partial charge on any atom is -0.490 e. The molecule has 0 amide bonds. The molecule has 3 aliphatic rings. The first-order valence-electron chi connectivity index (χ1n) is 13.7. The Morgan fingerprint density at radius 1 is 1.30 bits per heavy atom. The second kappa shape index (κ2) is 11.1. The summed E-state index contributed by atoms with van der Waals surface area (Å²) in [5, 5.41) is 32.0. The van der Waals surface area contributed by atoms with Crippen LogP contribution in [0, 0.1) is 11.8 Å². The smallest absolute Gasteiger partial charge is 0.343 e. The summed E-state index contributed by atoms with van der Waals surface area (Å²) in [4.78, 5) is 26.5. The first-order chi connectivity index (χ1) is 19.1. The van der Waals surface area contributed by atoms with E-state index >= 15 is 0 Å². The van der Waals surface area contributed by atoms with Crippen LogP contribution < -0.4 is 9.64 Å². The Kier molecular flexibility index (Phi) is 7.88. The molecule has 9 heteroatoms. The number of carbonyl (C=O) groups excluding carboxylic acids is 1. The molecule has 1 saturated carbocycles. The van der Waals surface area contributed by atoms with Crippen LogP contribution in [0.1, 0.15) is 48.8 Å². The molecule has 1 heterocycles. The van der Waals surface area contributed by atoms with Gasteiger partial charge in [-0.05, 0) is 84.9 Å². The highest BCUT2D eigenvalue weighted by Gasteiger charge is 2.46. The molecule has 5 rings (SSSR count). The van der Waals surface area contributed by atoms with E-state index in [4.69, 9.17) is 21.1 Å². The van der Waals surface area contributed by atoms with E-state index in [0.717, 1.165) is 39.2 Å². The van der Waals surface area contributed by atoms with Gasteiger partial charge in [0.15, 0.2) is 5.60 Å². The van der Waals surface area contributed by atoms with Gasteiger partial charge >= 0.3 is 11.9 Å². The number of carbonyl (C=O) groups is 2. The van der Waals surface area contributed by atoms with Crippen molar-refractivity contribution in [1.29, 1.82) is 0 Å². The minimum absolute atomic E-state index is 0.0840. The third-order valence-electron chi connectivity index (χ3n) is 9.06. The molecular weight excluding hydrogens is 534 g/mol. The second-order valence-electron chi connectivity index (χ2n) is 11.4. The number of aryl methyl sites for hydroxylation is 1. The number of hydrogen-bond donors (Lipinski definition) is 3. The van der Waals surface area contributed by atoms with Gasteiger partial charge in [0.2, 0.25) is 0 Å². The maximum Gasteiger partial charge on any atom is 0.343 e. The van der Waals surface area contributed by atoms with Gasteiger partial charge < -0.3 is 29.7 Å². The predicted octanol–water partition coefficient (Wildman–Crippen LogP) is 4.22. The van der Waals surface area contributed by atoms with Crippen LogP contribution in [-0.2, 0) is 31.8 Å². The zero-order chi connectivity index (χ0) is 28.7. The van der Waals surface area contributed by atoms with Crippen LogP contribution in [0.15, 0.2) is 49.1 Å². The molecule has 0 aromatic heterocycles. The van der Waals surface area contributed by atoms with Gasteiger partial charge in [0, 0.05) is 23.5 Å². The molecule has 1 fully saturated rings. The van der Waals surface area contributed by atoms with Gasteiger partial charge in [-0.25, -0.2) is 4.79 Å². The summed E-state index contributed by atoms with van der Waals surface area (Å²) in [6.45, 7) is 5.44. The van der Waals surface area contributed by atoms with Gasteiger partial charge in [0.1, 0.15) is 5.75 Å². The molecular formula is C31H36ClNO7. The van der Waals surface area contributed by atoms with Crippen LogP contribution in [0.2, 0.25) is 5.02 Å². The average Bonchev–Trinajstić information content (AvgIpc) is 3.07. The number of rotatable bonds is 8. The summed E-state index contributed by atoms with van der Waals surface area (Å²) in [5.74, 6) is -1.50. The first kappa shape index (κ1) is 28.5. The van der Waals surface area contributed by atoms with Gasteiger partial charge in [-0.3, -0.25) is 4.79 Å². The van der Waals surface area contributed by atoms with Crippen LogP contribution >= 0.6 is 11.6 Å². The number of esters is 1. The summed E-state index contributed by atoms with van der Waals surface area (Å²) >= 11 is 6.35. The summed E-state index contributed by atoms with van der Waals surface area (Å²) in [7, 11) is 1.12. The lowest BCUT2D eigenvalue weighted by Gasteiger charge is -2.45. The summed E-state index contributed by atoms with van der Waals surface area (Å²) in [6.07, 6.45) is 4.83. The summed E-state index contributed by atoms with van der Waals surface area (Å²) < 4.78 is 11.3. The van der Waals surface area contributed by atoms with Crippen LogP contribution in [0.25, 0.3) is 0 Å². The Labute approximate surface area is 239 Å². The number of carboxylic acids is 1. The van der Waals surface area contributed by atoms with Gasteiger partial charge in [-0.2, -0.15) is 0 Å². The fraction of sp³-hybridized carbons (Fsp3) is 0.484. The molecule has 8 nitrogen and oxygen atoms in total. The number of fused-ring (bicyclic) bond motifs is 3. The van der Waals surface area contributed by atoms with Crippen LogP contribution in [0.3, 0.4) is 0 Å². The van der Waals surface area contributed by atoms with Gasteiger partial charge in [0.05, 0.1) is 31.9 Å². The molecule has 3 N–H and O–H groups in total. The van der Waals surface area contributed by atoms with Crippen molar-refractivity contribution in [2.24, 2.45) is 11.8 Å². The first-order valence-corrected chi connectivity index (χ1v) is 14.1. The maximum atomic E-state index is 12.7. The SMILES string of the molecule is C=C[C@H](O)[C@@H]1CC[C@H]1CN1C[C@@]2(CCCc3cc(Cl)ccc32)COc2ccc([C@@](O)(CC(=O)O)C(=O)OC)cc21. The Morgan fingerprint density at radius 2 is 2.10 bits per heavy atom. The van der Waals surface area contributed by atoms with E-state index in [1.54, 1.807) is 18.2 Å². The number of aliphatic hydroxyl groups is 2. The van der Waals surface area contributed by atoms with E-state index in [9.17, 15) is 24.9 Å². The molecule has 0 unspecified atom stereocenters. The third-order valence-corrected chi connectivity index (χ3v) is 9.29. The monoisotopic (exact) mass is 569 g/mol. The number of hydrogen-bond acceptors (Lipinski definition) is 7. The number of halogens is 1. The Bertz CT molecular complexity index is 1310. The number of aliphatic hydroxyl groups excluding tert-OH is 1. The predicted molar refractivity (Wildman–Crippen MR) is 151 cm³/mol. The van der Waals surface area contributed by atoms with Crippen molar-refractivity contribution in [2.45, 2.75) is 55.6 Å². The van der Waals surface area contributed by atoms with Crippen LogP contribution in [-0.4, -0.2) is 60.2 Å². The van der Waals surface area contributed by atoms with Gasteiger partial charge in [0.25, 0.3) is 0 Å². The third kappa shape index (κ3) is 5.08. The molecule has 0 bridgehead atoms. The van der Waals surface area contributed by atoms with Crippen LogP contribution in [0.5, 0.6) is 5.75 Å². The number of benzene rings is 2. The highest BCUT2D eigenvalue weighted by Crippen LogP contribution is 2.47. The lowest BCUT2D eigenvalue weighted by molar-refractivity contribution is -0.169. The molecule has 2 aromatic rings. The van der Waals surface area contributed by atoms with E-state index in [-0.39, 0.29) is 22.8 Å². The quantitative estimate of drug-likeness (QED) is 0.320. The van der Waals surface area contributed by atoms with Crippen LogP contribution in [0.4, 0.5) is 5.69 Å². The molecule has 40 heavy (non-hydrogen) atoms. The van der Waals surface area contributed by atoms with E-state index < -0.39 is 30.1 Å². The van der Waals surface area contributed by atoms with E-state index in [1.807, 2.05) is 12.1 Å². The Balaban J connectivity index is 1.59. The highest BCUT2D eigenvalue weighted by atomic mass is 35.5. The highest BCUT2D eigenvalue weighted by molar-refractivity contribution is 6.30. The number of carboxylic acid groups (broad SMARTS) is 1. The number of methoxy groups -OCH3 is 1. The van der Waals surface area contributed by atoms with Crippen molar-refractivity contribution in [1.82, 2.24) is 0 Å². The lowest BCUT2D eigenvalue weighted by Crippen LogP contribution is -2.49. The van der Waals surface area contributed by atoms with Crippen molar-refractivity contribution in [2.75, 3.05) is 31.7 Å². The number of anilines is 1. The molecule has 0 radical (unpaired) electrons. The van der Waals surface area contributed by atoms with Crippen molar-refractivity contribution in [3.8, 4) is 5.75 Å². The lowest BCUT2D eigenvalue weighted by atomic mass is 9.68. The molecule has 2 aliphatic carbocycles. The maximum absolute atomic E-state index is 12.7. The number of ether oxygens (including phenoxy) is 2. The van der Waals surface area contributed by atoms with Crippen molar-refractivity contribution >= 4 is 29.2 Å². The van der Waals surface area contributed by atoms with E-state index in [2.05, 4.69) is 17.5 Å². The van der Waals surface area contributed by atoms with Crippen molar-refractivity contribution < 1.29 is 34.4 Å². The molecule has 5 atom stereocenters. The van der Waals surface area contributed by atoms with E-state index in [0.29, 0.717) is 36.2 Å². The topological polar surface area (TPSA) is 117 Å². The minimum atomic E-state index is -2.36. The Hall–Kier alpha value is -3.07. The molecule has 1 spiro atoms. The number of aliphatic carboxylic acids is 1. The normalized spacial score (nSPS) is 25.8. The van der Waals surface area contributed by atoms with Crippen molar-refractivity contribution in [3.05, 3.63) is 70.8 Å². The molecule has 214 valence electrons. The van der Waals surface area contributed by atoms with E-state index in [1.165, 1.54) is 17.2 Å².